The van der Waals surface area contributed by atoms with E-state index in [0.717, 1.165) is 14.7 Å². The van der Waals surface area contributed by atoms with Crippen molar-refractivity contribution >= 4 is 33.6 Å². The van der Waals surface area contributed by atoms with Crippen molar-refractivity contribution in [3.8, 4) is 0 Å². The smallest absolute Gasteiger partial charge is 0.137 e. The van der Waals surface area contributed by atoms with Gasteiger partial charge in [-0.3, -0.25) is 0 Å². The first-order valence-electron chi connectivity index (χ1n) is 5.73. The third-order valence-corrected chi connectivity index (χ3v) is 4.71. The van der Waals surface area contributed by atoms with E-state index in [9.17, 15) is 5.11 Å². The molecular formula is C12H13NO3S2. The van der Waals surface area contributed by atoms with Crippen molar-refractivity contribution in [2.24, 2.45) is 0 Å². The van der Waals surface area contributed by atoms with Gasteiger partial charge in [0.15, 0.2) is 0 Å². The summed E-state index contributed by atoms with van der Waals surface area (Å²) in [6.45, 7) is -0.174. The predicted octanol–water partition coefficient (Wildman–Crippen LogP) is 2.07. The molecule has 4 nitrogen and oxygen atoms in total. The zero-order chi connectivity index (χ0) is 12.7. The van der Waals surface area contributed by atoms with Gasteiger partial charge < -0.3 is 19.5 Å². The third kappa shape index (κ3) is 1.90. The Morgan fingerprint density at radius 2 is 2.33 bits per heavy atom. The maximum atomic E-state index is 9.76. The molecule has 2 aromatic heterocycles. The van der Waals surface area contributed by atoms with Gasteiger partial charge in [-0.15, -0.1) is 11.3 Å². The highest BCUT2D eigenvalue weighted by Gasteiger charge is 2.34. The summed E-state index contributed by atoms with van der Waals surface area (Å²) in [5, 5.41) is 22.0. The average molecular weight is 283 g/mol. The molecule has 1 fully saturated rings. The first-order chi connectivity index (χ1) is 8.70. The third-order valence-electron chi connectivity index (χ3n) is 3.23. The van der Waals surface area contributed by atoms with Gasteiger partial charge in [0.1, 0.15) is 17.0 Å². The lowest BCUT2D eigenvalue weighted by atomic mass is 10.2. The van der Waals surface area contributed by atoms with E-state index in [4.69, 9.17) is 22.1 Å². The van der Waals surface area contributed by atoms with E-state index in [1.807, 2.05) is 28.3 Å². The molecule has 3 heterocycles. The van der Waals surface area contributed by atoms with Gasteiger partial charge in [-0.25, -0.2) is 0 Å². The largest absolute Gasteiger partial charge is 0.394 e. The topological polar surface area (TPSA) is 54.6 Å². The quantitative estimate of drug-likeness (QED) is 0.829. The van der Waals surface area contributed by atoms with E-state index in [1.54, 1.807) is 11.3 Å². The first kappa shape index (κ1) is 12.3. The number of pyridine rings is 1. The van der Waals surface area contributed by atoms with E-state index in [1.165, 1.54) is 0 Å². The maximum absolute atomic E-state index is 9.76. The van der Waals surface area contributed by atoms with Crippen LogP contribution in [0.1, 0.15) is 12.6 Å². The van der Waals surface area contributed by atoms with Crippen LogP contribution < -0.4 is 0 Å². The highest BCUT2D eigenvalue weighted by atomic mass is 32.1. The lowest BCUT2D eigenvalue weighted by Gasteiger charge is -2.16. The Balaban J connectivity index is 2.00. The summed E-state index contributed by atoms with van der Waals surface area (Å²) < 4.78 is 9.24. The van der Waals surface area contributed by atoms with E-state index in [2.05, 4.69) is 0 Å². The fourth-order valence-electron chi connectivity index (χ4n) is 2.25. The van der Waals surface area contributed by atoms with E-state index >= 15 is 0 Å². The van der Waals surface area contributed by atoms with Gasteiger partial charge in [0.2, 0.25) is 0 Å². The van der Waals surface area contributed by atoms with Crippen LogP contribution in [0.2, 0.25) is 0 Å². The molecule has 1 saturated heterocycles. The SMILES string of the molecule is OCC1O[C@@H](n2ccc3ccsc3c2=S)C[C@H]1O. The Morgan fingerprint density at radius 1 is 1.50 bits per heavy atom. The predicted molar refractivity (Wildman–Crippen MR) is 72.3 cm³/mol. The lowest BCUT2D eigenvalue weighted by molar-refractivity contribution is -0.0447. The summed E-state index contributed by atoms with van der Waals surface area (Å²) in [5.74, 6) is 0. The molecule has 2 aromatic rings. The van der Waals surface area contributed by atoms with E-state index < -0.39 is 12.2 Å². The van der Waals surface area contributed by atoms with Crippen molar-refractivity contribution in [2.75, 3.05) is 6.61 Å². The second-order valence-electron chi connectivity index (χ2n) is 4.35. The molecule has 0 bridgehead atoms. The molecule has 0 aromatic carbocycles. The summed E-state index contributed by atoms with van der Waals surface area (Å²) in [7, 11) is 0. The molecule has 0 aliphatic carbocycles. The van der Waals surface area contributed by atoms with Crippen molar-refractivity contribution < 1.29 is 14.9 Å². The molecule has 18 heavy (non-hydrogen) atoms. The second-order valence-corrected chi connectivity index (χ2v) is 5.65. The first-order valence-corrected chi connectivity index (χ1v) is 7.02. The van der Waals surface area contributed by atoms with Gasteiger partial charge in [0.05, 0.1) is 17.4 Å². The van der Waals surface area contributed by atoms with Crippen LogP contribution in [0.25, 0.3) is 10.1 Å². The fraction of sp³-hybridized carbons (Fsp3) is 0.417. The van der Waals surface area contributed by atoms with Crippen LogP contribution in [0.3, 0.4) is 0 Å². The normalized spacial score (nSPS) is 28.0. The monoisotopic (exact) mass is 283 g/mol. The van der Waals surface area contributed by atoms with Gasteiger partial charge in [-0.1, -0.05) is 12.2 Å². The number of ether oxygens (including phenoxy) is 1. The molecule has 96 valence electrons. The number of aliphatic hydroxyl groups is 2. The van der Waals surface area contributed by atoms with Crippen LogP contribution in [0.15, 0.2) is 23.7 Å². The molecule has 0 saturated carbocycles. The Bertz CT molecular complexity index is 621. The molecule has 1 aliphatic heterocycles. The Morgan fingerprint density at radius 3 is 3.06 bits per heavy atom. The fourth-order valence-corrected chi connectivity index (χ4v) is 3.52. The minimum absolute atomic E-state index is 0.174. The molecular weight excluding hydrogens is 270 g/mol. The van der Waals surface area contributed by atoms with Crippen LogP contribution >= 0.6 is 23.6 Å². The van der Waals surface area contributed by atoms with Gasteiger partial charge in [0.25, 0.3) is 0 Å². The number of hydrogen-bond donors (Lipinski definition) is 2. The molecule has 0 spiro atoms. The van der Waals surface area contributed by atoms with Crippen molar-refractivity contribution in [1.82, 2.24) is 4.57 Å². The maximum Gasteiger partial charge on any atom is 0.137 e. The van der Waals surface area contributed by atoms with Gasteiger partial charge in [-0.05, 0) is 22.9 Å². The summed E-state index contributed by atoms with van der Waals surface area (Å²) in [6, 6.07) is 4.02. The van der Waals surface area contributed by atoms with Crippen LogP contribution in [0.4, 0.5) is 0 Å². The van der Waals surface area contributed by atoms with Crippen LogP contribution in [0, 0.1) is 4.64 Å². The highest BCUT2D eigenvalue weighted by molar-refractivity contribution is 7.71. The molecule has 2 N–H and O–H groups in total. The number of aliphatic hydroxyl groups excluding tert-OH is 2. The van der Waals surface area contributed by atoms with Gasteiger partial charge >= 0.3 is 0 Å². The van der Waals surface area contributed by atoms with Gasteiger partial charge in [-0.2, -0.15) is 0 Å². The number of rotatable bonds is 2. The number of fused-ring (bicyclic) bond motifs is 1. The molecule has 0 radical (unpaired) electrons. The lowest BCUT2D eigenvalue weighted by Crippen LogP contribution is -2.24. The molecule has 0 amide bonds. The van der Waals surface area contributed by atoms with Crippen molar-refractivity contribution in [3.05, 3.63) is 28.4 Å². The van der Waals surface area contributed by atoms with Crippen LogP contribution in [-0.2, 0) is 4.74 Å². The van der Waals surface area contributed by atoms with Crippen LogP contribution in [-0.4, -0.2) is 33.6 Å². The van der Waals surface area contributed by atoms with Crippen molar-refractivity contribution in [1.29, 1.82) is 0 Å². The van der Waals surface area contributed by atoms with Crippen LogP contribution in [0.5, 0.6) is 0 Å². The summed E-state index contributed by atoms with van der Waals surface area (Å²) >= 11 is 7.05. The zero-order valence-electron chi connectivity index (χ0n) is 9.52. The van der Waals surface area contributed by atoms with E-state index in [0.29, 0.717) is 6.42 Å². The summed E-state index contributed by atoms with van der Waals surface area (Å²) in [5.41, 5.74) is 0. The zero-order valence-corrected chi connectivity index (χ0v) is 11.2. The standard InChI is InChI=1S/C12H13NO3S2/c14-6-9-8(15)5-10(16-9)13-3-1-7-2-4-18-11(7)12(13)17/h1-4,8-10,14-15H,5-6H2/t8-,9?,10-/m1/s1. The minimum Gasteiger partial charge on any atom is -0.394 e. The van der Waals surface area contributed by atoms with Crippen molar-refractivity contribution in [2.45, 2.75) is 24.9 Å². The number of hydrogen-bond acceptors (Lipinski definition) is 5. The summed E-state index contributed by atoms with van der Waals surface area (Å²) in [4.78, 5) is 0. The number of thiophene rings is 1. The molecule has 1 aliphatic rings. The number of nitrogens with zero attached hydrogens (tertiary/aromatic N) is 1. The molecule has 1 unspecified atom stereocenters. The summed E-state index contributed by atoms with van der Waals surface area (Å²) in [6.07, 6.45) is 0.887. The average Bonchev–Trinajstić information content (AvgIpc) is 2.96. The second kappa shape index (κ2) is 4.71. The number of aromatic nitrogens is 1. The molecule has 3 rings (SSSR count). The minimum atomic E-state index is -0.638. The molecule has 6 heteroatoms. The Kier molecular flexibility index (Phi) is 3.21. The van der Waals surface area contributed by atoms with Crippen molar-refractivity contribution in [3.63, 3.8) is 0 Å². The van der Waals surface area contributed by atoms with E-state index in [-0.39, 0.29) is 12.8 Å². The van der Waals surface area contributed by atoms with Gasteiger partial charge in [0, 0.05) is 12.6 Å². The Hall–Kier alpha value is -0.790. The molecule has 3 atom stereocenters. The highest BCUT2D eigenvalue weighted by Crippen LogP contribution is 2.31. The Labute approximate surface area is 113 Å².